The summed E-state index contributed by atoms with van der Waals surface area (Å²) in [5.41, 5.74) is 8.79. The van der Waals surface area contributed by atoms with Gasteiger partial charge in [-0.2, -0.15) is 0 Å². The third-order valence-corrected chi connectivity index (χ3v) is 4.83. The van der Waals surface area contributed by atoms with Crippen LogP contribution in [0, 0.1) is 0 Å². The summed E-state index contributed by atoms with van der Waals surface area (Å²) in [5, 5.41) is 13.1. The number of rotatable bonds is 6. The zero-order valence-corrected chi connectivity index (χ0v) is 14.7. The molecule has 3 N–H and O–H groups in total. The van der Waals surface area contributed by atoms with Gasteiger partial charge in [0.1, 0.15) is 10.0 Å². The van der Waals surface area contributed by atoms with Gasteiger partial charge in [0.05, 0.1) is 6.04 Å². The first-order valence-electron chi connectivity index (χ1n) is 7.94. The molecule has 25 heavy (non-hydrogen) atoms. The summed E-state index contributed by atoms with van der Waals surface area (Å²) in [6.07, 6.45) is 4.09. The van der Waals surface area contributed by atoms with E-state index in [1.807, 2.05) is 36.4 Å². The van der Waals surface area contributed by atoms with Crippen LogP contribution in [0.2, 0.25) is 0 Å². The van der Waals surface area contributed by atoms with Crippen molar-refractivity contribution < 1.29 is 4.79 Å². The lowest BCUT2D eigenvalue weighted by atomic mass is 10.0. The second-order valence-electron chi connectivity index (χ2n) is 5.66. The van der Waals surface area contributed by atoms with Gasteiger partial charge >= 0.3 is 0 Å². The highest BCUT2D eigenvalue weighted by Crippen LogP contribution is 2.28. The number of aromatic nitrogens is 3. The van der Waals surface area contributed by atoms with Gasteiger partial charge in [0.2, 0.25) is 5.91 Å². The standard InChI is InChI=1S/C18H19N5OS/c1-12(24)21-16(10-13-2-4-14(11-19)5-3-13)18-23-22-17(25-18)15-6-8-20-9-7-15/h2-9,16H,10-11,19H2,1H3,(H,21,24)/t16-/m0/s1. The van der Waals surface area contributed by atoms with Gasteiger partial charge in [0, 0.05) is 31.4 Å². The summed E-state index contributed by atoms with van der Waals surface area (Å²) in [7, 11) is 0. The van der Waals surface area contributed by atoms with Crippen molar-refractivity contribution in [1.29, 1.82) is 0 Å². The van der Waals surface area contributed by atoms with E-state index in [9.17, 15) is 4.79 Å². The number of carbonyl (C=O) groups excluding carboxylic acids is 1. The van der Waals surface area contributed by atoms with Crippen LogP contribution >= 0.6 is 11.3 Å². The molecule has 6 nitrogen and oxygen atoms in total. The fourth-order valence-corrected chi connectivity index (χ4v) is 3.38. The molecule has 3 aromatic rings. The summed E-state index contributed by atoms with van der Waals surface area (Å²) >= 11 is 1.48. The van der Waals surface area contributed by atoms with Crippen LogP contribution in [-0.2, 0) is 17.8 Å². The first kappa shape index (κ1) is 17.2. The number of nitrogens with two attached hydrogens (primary N) is 1. The Bertz CT molecular complexity index is 832. The Morgan fingerprint density at radius 1 is 1.12 bits per heavy atom. The summed E-state index contributed by atoms with van der Waals surface area (Å²) in [6.45, 7) is 2.02. The fourth-order valence-electron chi connectivity index (χ4n) is 2.48. The van der Waals surface area contributed by atoms with Crippen molar-refractivity contribution in [2.45, 2.75) is 25.9 Å². The molecule has 1 atom stereocenters. The molecular formula is C18H19N5OS. The molecule has 0 aliphatic carbocycles. The Balaban J connectivity index is 1.83. The van der Waals surface area contributed by atoms with Crippen LogP contribution in [0.3, 0.4) is 0 Å². The van der Waals surface area contributed by atoms with E-state index in [0.29, 0.717) is 13.0 Å². The molecule has 0 radical (unpaired) electrons. The number of carbonyl (C=O) groups is 1. The highest BCUT2D eigenvalue weighted by molar-refractivity contribution is 7.14. The van der Waals surface area contributed by atoms with Crippen LogP contribution in [0.4, 0.5) is 0 Å². The Morgan fingerprint density at radius 2 is 1.80 bits per heavy atom. The molecule has 0 saturated heterocycles. The van der Waals surface area contributed by atoms with Gasteiger partial charge in [-0.05, 0) is 29.7 Å². The Hall–Kier alpha value is -2.64. The second kappa shape index (κ2) is 7.96. The van der Waals surface area contributed by atoms with Gasteiger partial charge in [0.25, 0.3) is 0 Å². The molecule has 0 fully saturated rings. The van der Waals surface area contributed by atoms with Crippen molar-refractivity contribution in [3.8, 4) is 10.6 Å². The number of amides is 1. The van der Waals surface area contributed by atoms with Gasteiger partial charge in [-0.25, -0.2) is 0 Å². The van der Waals surface area contributed by atoms with Gasteiger partial charge in [-0.15, -0.1) is 10.2 Å². The number of benzene rings is 1. The minimum atomic E-state index is -0.214. The first-order valence-corrected chi connectivity index (χ1v) is 8.76. The molecule has 7 heteroatoms. The monoisotopic (exact) mass is 353 g/mol. The molecular weight excluding hydrogens is 334 g/mol. The molecule has 2 heterocycles. The Labute approximate surface area is 150 Å². The average Bonchev–Trinajstić information content (AvgIpc) is 3.12. The Morgan fingerprint density at radius 3 is 2.44 bits per heavy atom. The number of hydrogen-bond acceptors (Lipinski definition) is 6. The summed E-state index contributed by atoms with van der Waals surface area (Å²) in [4.78, 5) is 15.6. The second-order valence-corrected chi connectivity index (χ2v) is 6.67. The molecule has 0 spiro atoms. The van der Waals surface area contributed by atoms with Crippen molar-refractivity contribution >= 4 is 17.2 Å². The topological polar surface area (TPSA) is 93.8 Å². The lowest BCUT2D eigenvalue weighted by Gasteiger charge is -2.15. The lowest BCUT2D eigenvalue weighted by Crippen LogP contribution is -2.27. The first-order chi connectivity index (χ1) is 12.2. The lowest BCUT2D eigenvalue weighted by molar-refractivity contribution is -0.119. The summed E-state index contributed by atoms with van der Waals surface area (Å²) in [6, 6.07) is 11.6. The minimum Gasteiger partial charge on any atom is -0.347 e. The van der Waals surface area contributed by atoms with E-state index < -0.39 is 0 Å². The van der Waals surface area contributed by atoms with Crippen LogP contribution in [0.15, 0.2) is 48.8 Å². The normalized spacial score (nSPS) is 11.9. The average molecular weight is 353 g/mol. The van der Waals surface area contributed by atoms with Gasteiger partial charge < -0.3 is 11.1 Å². The number of nitrogens with one attached hydrogen (secondary N) is 1. The smallest absolute Gasteiger partial charge is 0.217 e. The number of pyridine rings is 1. The molecule has 1 aromatic carbocycles. The molecule has 2 aromatic heterocycles. The third-order valence-electron chi connectivity index (χ3n) is 3.74. The quantitative estimate of drug-likeness (QED) is 0.710. The highest BCUT2D eigenvalue weighted by Gasteiger charge is 2.19. The summed E-state index contributed by atoms with van der Waals surface area (Å²) in [5.74, 6) is -0.0933. The maximum Gasteiger partial charge on any atom is 0.217 e. The largest absolute Gasteiger partial charge is 0.347 e. The number of nitrogens with zero attached hydrogens (tertiary/aromatic N) is 3. The van der Waals surface area contributed by atoms with Crippen molar-refractivity contribution in [3.63, 3.8) is 0 Å². The number of hydrogen-bond donors (Lipinski definition) is 2. The summed E-state index contributed by atoms with van der Waals surface area (Å²) < 4.78 is 0. The van der Waals surface area contributed by atoms with Crippen LogP contribution in [0.5, 0.6) is 0 Å². The van der Waals surface area contributed by atoms with Crippen LogP contribution in [-0.4, -0.2) is 21.1 Å². The zero-order valence-electron chi connectivity index (χ0n) is 13.8. The zero-order chi connectivity index (χ0) is 17.6. The minimum absolute atomic E-state index is 0.0933. The molecule has 0 saturated carbocycles. The van der Waals surface area contributed by atoms with E-state index in [1.165, 1.54) is 18.3 Å². The molecule has 1 amide bonds. The SMILES string of the molecule is CC(=O)N[C@@H](Cc1ccc(CN)cc1)c1nnc(-c2ccncc2)s1. The highest BCUT2D eigenvalue weighted by atomic mass is 32.1. The van der Waals surface area contributed by atoms with Crippen molar-refractivity contribution in [2.24, 2.45) is 5.73 Å². The van der Waals surface area contributed by atoms with Gasteiger partial charge in [-0.1, -0.05) is 35.6 Å². The van der Waals surface area contributed by atoms with E-state index in [-0.39, 0.29) is 11.9 Å². The van der Waals surface area contributed by atoms with E-state index >= 15 is 0 Å². The van der Waals surface area contributed by atoms with E-state index in [0.717, 1.165) is 26.7 Å². The van der Waals surface area contributed by atoms with Crippen molar-refractivity contribution in [3.05, 3.63) is 64.9 Å². The fraction of sp³-hybridized carbons (Fsp3) is 0.222. The van der Waals surface area contributed by atoms with E-state index in [4.69, 9.17) is 5.73 Å². The molecule has 0 aliphatic heterocycles. The molecule has 128 valence electrons. The van der Waals surface area contributed by atoms with Crippen molar-refractivity contribution in [2.75, 3.05) is 0 Å². The maximum absolute atomic E-state index is 11.6. The predicted molar refractivity (Wildman–Crippen MR) is 97.7 cm³/mol. The van der Waals surface area contributed by atoms with Crippen LogP contribution in [0.25, 0.3) is 10.6 Å². The van der Waals surface area contributed by atoms with Gasteiger partial charge in [0.15, 0.2) is 0 Å². The van der Waals surface area contributed by atoms with E-state index in [2.05, 4.69) is 20.5 Å². The molecule has 0 aliphatic rings. The molecule has 3 rings (SSSR count). The third kappa shape index (κ3) is 4.46. The van der Waals surface area contributed by atoms with Crippen LogP contribution in [0.1, 0.15) is 29.1 Å². The maximum atomic E-state index is 11.6. The van der Waals surface area contributed by atoms with Gasteiger partial charge in [-0.3, -0.25) is 9.78 Å². The van der Waals surface area contributed by atoms with Crippen molar-refractivity contribution in [1.82, 2.24) is 20.5 Å². The van der Waals surface area contributed by atoms with Crippen LogP contribution < -0.4 is 11.1 Å². The Kier molecular flexibility index (Phi) is 5.47. The predicted octanol–water partition coefficient (Wildman–Crippen LogP) is 2.48. The molecule has 0 unspecified atom stereocenters. The molecule has 0 bridgehead atoms. The van der Waals surface area contributed by atoms with E-state index in [1.54, 1.807) is 12.4 Å².